The Morgan fingerprint density at radius 2 is 2.11 bits per heavy atom. The number of hydrogen-bond acceptors (Lipinski definition) is 4. The second-order valence-electron chi connectivity index (χ2n) is 6.53. The van der Waals surface area contributed by atoms with E-state index in [9.17, 15) is 23.1 Å². The number of nitrogens with two attached hydrogens (primary N) is 1. The molecule has 0 aliphatic carbocycles. The molecule has 1 amide bonds. The molecule has 4 N–H and O–H groups in total. The van der Waals surface area contributed by atoms with Crippen LogP contribution in [0.1, 0.15) is 27.3 Å². The summed E-state index contributed by atoms with van der Waals surface area (Å²) in [7, 11) is 0. The van der Waals surface area contributed by atoms with Crippen LogP contribution in [0.5, 0.6) is 0 Å². The molecule has 6 nitrogen and oxygen atoms in total. The monoisotopic (exact) mass is 410 g/mol. The van der Waals surface area contributed by atoms with Gasteiger partial charge in [-0.05, 0) is 31.2 Å². The molecule has 0 spiro atoms. The molecule has 10 heteroatoms. The number of hydrogen-bond donors (Lipinski definition) is 3. The highest BCUT2D eigenvalue weighted by molar-refractivity contribution is 6.31. The predicted octanol–water partition coefficient (Wildman–Crippen LogP) is 2.92. The molecule has 0 radical (unpaired) electrons. The topological polar surface area (TPSA) is 93.2 Å². The lowest BCUT2D eigenvalue weighted by Gasteiger charge is -2.26. The predicted molar refractivity (Wildman–Crippen MR) is 96.8 cm³/mol. The van der Waals surface area contributed by atoms with Crippen molar-refractivity contribution in [2.75, 3.05) is 5.73 Å². The number of aromatic nitrogens is 2. The third-order valence-corrected chi connectivity index (χ3v) is 5.12. The van der Waals surface area contributed by atoms with Gasteiger partial charge in [0.05, 0.1) is 17.6 Å². The Morgan fingerprint density at radius 1 is 1.39 bits per heavy atom. The molecule has 0 fully saturated rings. The number of carbonyl (C=O) groups is 1. The number of aliphatic hydroxyl groups is 1. The largest absolute Gasteiger partial charge is 0.398 e. The number of carbonyl (C=O) groups excluding carboxylic acids is 1. The Kier molecular flexibility index (Phi) is 4.06. The Bertz CT molecular complexity index is 1150. The first-order valence-electron chi connectivity index (χ1n) is 8.22. The molecule has 2 aromatic carbocycles. The van der Waals surface area contributed by atoms with Crippen molar-refractivity contribution in [3.63, 3.8) is 0 Å². The van der Waals surface area contributed by atoms with E-state index in [2.05, 4.69) is 10.3 Å². The van der Waals surface area contributed by atoms with Gasteiger partial charge in [0.25, 0.3) is 12.3 Å². The highest BCUT2D eigenvalue weighted by Crippen LogP contribution is 2.44. The van der Waals surface area contributed by atoms with Gasteiger partial charge in [-0.15, -0.1) is 0 Å². The van der Waals surface area contributed by atoms with Crippen LogP contribution in [-0.2, 0) is 12.3 Å². The summed E-state index contributed by atoms with van der Waals surface area (Å²) in [6.45, 7) is 0.898. The first-order valence-corrected chi connectivity index (χ1v) is 8.59. The number of imidazole rings is 1. The minimum Gasteiger partial charge on any atom is -0.398 e. The molecule has 0 saturated heterocycles. The van der Waals surface area contributed by atoms with E-state index in [4.69, 9.17) is 17.3 Å². The van der Waals surface area contributed by atoms with Crippen LogP contribution in [0.3, 0.4) is 0 Å². The van der Waals surface area contributed by atoms with Crippen LogP contribution < -0.4 is 11.1 Å². The van der Waals surface area contributed by atoms with E-state index >= 15 is 0 Å². The zero-order valence-corrected chi connectivity index (χ0v) is 15.2. The minimum atomic E-state index is -2.64. The molecule has 1 aliphatic heterocycles. The normalized spacial score (nSPS) is 18.8. The lowest BCUT2D eigenvalue weighted by Crippen LogP contribution is -2.40. The van der Waals surface area contributed by atoms with Crippen LogP contribution in [0.15, 0.2) is 24.3 Å². The quantitative estimate of drug-likeness (QED) is 0.579. The summed E-state index contributed by atoms with van der Waals surface area (Å²) >= 11 is 6.12. The Balaban J connectivity index is 2.03. The molecule has 1 unspecified atom stereocenters. The number of fused-ring (bicyclic) bond motifs is 3. The second kappa shape index (κ2) is 6.11. The molecule has 3 aromatic rings. The van der Waals surface area contributed by atoms with E-state index in [0.717, 1.165) is 12.1 Å². The zero-order valence-electron chi connectivity index (χ0n) is 14.4. The molecule has 1 aliphatic rings. The van der Waals surface area contributed by atoms with E-state index in [-0.39, 0.29) is 44.3 Å². The van der Waals surface area contributed by atoms with Gasteiger partial charge in [-0.2, -0.15) is 0 Å². The molecule has 146 valence electrons. The first-order chi connectivity index (χ1) is 13.1. The van der Waals surface area contributed by atoms with Crippen molar-refractivity contribution < 1.29 is 23.1 Å². The summed E-state index contributed by atoms with van der Waals surface area (Å²) in [6, 6.07) is 4.69. The highest BCUT2D eigenvalue weighted by Gasteiger charge is 2.47. The van der Waals surface area contributed by atoms with Gasteiger partial charge in [-0.25, -0.2) is 18.2 Å². The van der Waals surface area contributed by atoms with Gasteiger partial charge >= 0.3 is 0 Å². The number of anilines is 1. The van der Waals surface area contributed by atoms with Crippen LogP contribution in [0.4, 0.5) is 18.9 Å². The lowest BCUT2D eigenvalue weighted by molar-refractivity contribution is 0.0479. The van der Waals surface area contributed by atoms with E-state index in [1.165, 1.54) is 23.6 Å². The van der Waals surface area contributed by atoms with Crippen molar-refractivity contribution in [3.8, 4) is 0 Å². The molecule has 28 heavy (non-hydrogen) atoms. The number of benzene rings is 2. The van der Waals surface area contributed by atoms with Crippen molar-refractivity contribution in [1.29, 1.82) is 0 Å². The number of aryl methyl sites for hydroxylation is 1. The Morgan fingerprint density at radius 3 is 2.79 bits per heavy atom. The summed E-state index contributed by atoms with van der Waals surface area (Å²) in [5, 5.41) is 13.6. The number of nitrogens with zero attached hydrogens (tertiary/aromatic N) is 2. The molecule has 0 saturated carbocycles. The maximum absolute atomic E-state index is 13.8. The van der Waals surface area contributed by atoms with Gasteiger partial charge in [-0.1, -0.05) is 11.6 Å². The van der Waals surface area contributed by atoms with Crippen molar-refractivity contribution in [2.45, 2.75) is 25.6 Å². The first kappa shape index (κ1) is 18.6. The van der Waals surface area contributed by atoms with Crippen molar-refractivity contribution in [2.24, 2.45) is 0 Å². The van der Waals surface area contributed by atoms with Crippen LogP contribution >= 0.6 is 11.6 Å². The van der Waals surface area contributed by atoms with E-state index in [1.807, 2.05) is 0 Å². The van der Waals surface area contributed by atoms with Gasteiger partial charge in [-0.3, -0.25) is 4.79 Å². The van der Waals surface area contributed by atoms with Crippen LogP contribution in [-0.4, -0.2) is 27.0 Å². The van der Waals surface area contributed by atoms with Gasteiger partial charge < -0.3 is 20.7 Å². The van der Waals surface area contributed by atoms with Gasteiger partial charge in [0.1, 0.15) is 17.2 Å². The number of halogens is 4. The van der Waals surface area contributed by atoms with Gasteiger partial charge in [0, 0.05) is 21.8 Å². The number of alkyl halides is 2. The number of rotatable bonds is 3. The van der Waals surface area contributed by atoms with Crippen molar-refractivity contribution in [3.05, 3.63) is 57.6 Å². The SMILES string of the molecule is Cc1nc2c3c(c(N)cc2n1CC(F)F)C(O)(c1cc(F)ccc1Cl)NC3=O. The third-order valence-electron chi connectivity index (χ3n) is 4.79. The Labute approximate surface area is 161 Å². The highest BCUT2D eigenvalue weighted by atomic mass is 35.5. The molecule has 4 rings (SSSR count). The molecular formula is C18H14ClF3N4O2. The maximum atomic E-state index is 13.8. The smallest absolute Gasteiger partial charge is 0.256 e. The summed E-state index contributed by atoms with van der Waals surface area (Å²) in [6.07, 6.45) is -2.64. The maximum Gasteiger partial charge on any atom is 0.256 e. The summed E-state index contributed by atoms with van der Waals surface area (Å²) in [5.74, 6) is -1.14. The van der Waals surface area contributed by atoms with Crippen LogP contribution in [0.2, 0.25) is 5.02 Å². The fourth-order valence-corrected chi connectivity index (χ4v) is 3.89. The summed E-state index contributed by atoms with van der Waals surface area (Å²) in [4.78, 5) is 16.9. The minimum absolute atomic E-state index is 0.0101. The fraction of sp³-hybridized carbons (Fsp3) is 0.222. The van der Waals surface area contributed by atoms with Gasteiger partial charge in [0.15, 0.2) is 5.72 Å². The molecule has 0 bridgehead atoms. The standard InChI is InChI=1S/C18H14ClF3N4O2/c1-7-24-16-12(26(7)6-13(21)22)5-11(23)15-14(16)17(27)25-18(15,28)9-4-8(20)2-3-10(9)19/h2-5,13,28H,6,23H2,1H3,(H,25,27). The number of nitrogens with one attached hydrogen (secondary N) is 1. The molecular weight excluding hydrogens is 397 g/mol. The number of amides is 1. The van der Waals surface area contributed by atoms with Crippen molar-refractivity contribution >= 4 is 34.2 Å². The van der Waals surface area contributed by atoms with E-state index in [0.29, 0.717) is 0 Å². The lowest BCUT2D eigenvalue weighted by atomic mass is 9.92. The average molecular weight is 411 g/mol. The second-order valence-corrected chi connectivity index (χ2v) is 6.94. The van der Waals surface area contributed by atoms with Crippen LogP contribution in [0, 0.1) is 12.7 Å². The van der Waals surface area contributed by atoms with Crippen molar-refractivity contribution in [1.82, 2.24) is 14.9 Å². The average Bonchev–Trinajstić information content (AvgIpc) is 3.05. The molecule has 2 heterocycles. The van der Waals surface area contributed by atoms with E-state index in [1.54, 1.807) is 0 Å². The summed E-state index contributed by atoms with van der Waals surface area (Å²) < 4.78 is 40.9. The van der Waals surface area contributed by atoms with Gasteiger partial charge in [0.2, 0.25) is 0 Å². The third kappa shape index (κ3) is 2.54. The number of nitrogen functional groups attached to an aromatic ring is 1. The molecule has 1 aromatic heterocycles. The Hall–Kier alpha value is -2.78. The fourth-order valence-electron chi connectivity index (χ4n) is 3.64. The van der Waals surface area contributed by atoms with E-state index < -0.39 is 30.4 Å². The van der Waals surface area contributed by atoms with Crippen LogP contribution in [0.25, 0.3) is 11.0 Å². The summed E-state index contributed by atoms with van der Waals surface area (Å²) in [5.41, 5.74) is 4.00. The zero-order chi connectivity index (χ0) is 20.4. The molecule has 1 atom stereocenters.